The second-order valence-electron chi connectivity index (χ2n) is 5.25. The van der Waals surface area contributed by atoms with Gasteiger partial charge < -0.3 is 16.8 Å². The zero-order chi connectivity index (χ0) is 13.0. The molecule has 5 heteroatoms. The molecular formula is C12H23N3O2. The van der Waals surface area contributed by atoms with Gasteiger partial charge in [0.1, 0.15) is 6.04 Å². The van der Waals surface area contributed by atoms with Crippen LogP contribution in [0.2, 0.25) is 0 Å². The highest BCUT2D eigenvalue weighted by Gasteiger charge is 2.28. The maximum Gasteiger partial charge on any atom is 0.240 e. The van der Waals surface area contributed by atoms with E-state index in [1.165, 1.54) is 0 Å². The quantitative estimate of drug-likeness (QED) is 0.638. The number of nitrogens with one attached hydrogen (secondary N) is 1. The van der Waals surface area contributed by atoms with E-state index < -0.39 is 11.9 Å². The van der Waals surface area contributed by atoms with Crippen LogP contribution in [0.5, 0.6) is 0 Å². The lowest BCUT2D eigenvalue weighted by atomic mass is 9.98. The van der Waals surface area contributed by atoms with E-state index in [0.717, 1.165) is 19.3 Å². The van der Waals surface area contributed by atoms with Crippen LogP contribution in [0.1, 0.15) is 39.5 Å². The van der Waals surface area contributed by atoms with Crippen LogP contribution in [-0.4, -0.2) is 23.9 Å². The molecular weight excluding hydrogens is 218 g/mol. The first-order valence-electron chi connectivity index (χ1n) is 6.26. The van der Waals surface area contributed by atoms with Gasteiger partial charge in [-0.05, 0) is 24.7 Å². The molecule has 0 saturated heterocycles. The lowest BCUT2D eigenvalue weighted by molar-refractivity contribution is -0.128. The molecule has 5 nitrogen and oxygen atoms in total. The minimum absolute atomic E-state index is 0.00806. The SMILES string of the molecule is CC(C)C(NC(=O)C[C@@H]1CCC[C@H]1N)C(N)=O. The van der Waals surface area contributed by atoms with E-state index in [9.17, 15) is 9.59 Å². The van der Waals surface area contributed by atoms with Crippen molar-refractivity contribution in [2.75, 3.05) is 0 Å². The highest BCUT2D eigenvalue weighted by atomic mass is 16.2. The Kier molecular flexibility index (Phi) is 4.93. The van der Waals surface area contributed by atoms with Crippen LogP contribution in [0, 0.1) is 11.8 Å². The standard InChI is InChI=1S/C12H23N3O2/c1-7(2)11(12(14)17)15-10(16)6-8-4-3-5-9(8)13/h7-9,11H,3-6,13H2,1-2H3,(H2,14,17)(H,15,16)/t8-,9+,11?/m0/s1. The van der Waals surface area contributed by atoms with Crippen molar-refractivity contribution < 1.29 is 9.59 Å². The lowest BCUT2D eigenvalue weighted by Crippen LogP contribution is -2.48. The zero-order valence-corrected chi connectivity index (χ0v) is 10.6. The molecule has 0 aliphatic heterocycles. The van der Waals surface area contributed by atoms with Gasteiger partial charge >= 0.3 is 0 Å². The van der Waals surface area contributed by atoms with Gasteiger partial charge in [-0.1, -0.05) is 20.3 Å². The van der Waals surface area contributed by atoms with Crippen molar-refractivity contribution in [1.82, 2.24) is 5.32 Å². The maximum absolute atomic E-state index is 11.8. The van der Waals surface area contributed by atoms with Gasteiger partial charge in [0.2, 0.25) is 11.8 Å². The van der Waals surface area contributed by atoms with Crippen molar-refractivity contribution in [1.29, 1.82) is 0 Å². The summed E-state index contributed by atoms with van der Waals surface area (Å²) in [6.45, 7) is 3.72. The van der Waals surface area contributed by atoms with Crippen molar-refractivity contribution in [3.8, 4) is 0 Å². The Labute approximate surface area is 102 Å². The first kappa shape index (κ1) is 14.0. The van der Waals surface area contributed by atoms with E-state index in [2.05, 4.69) is 5.32 Å². The minimum atomic E-state index is -0.583. The molecule has 98 valence electrons. The molecule has 1 aliphatic rings. The molecule has 0 bridgehead atoms. The summed E-state index contributed by atoms with van der Waals surface area (Å²) in [6.07, 6.45) is 3.47. The van der Waals surface area contributed by atoms with Gasteiger partial charge in [0.05, 0.1) is 0 Å². The number of hydrogen-bond acceptors (Lipinski definition) is 3. The van der Waals surface area contributed by atoms with Crippen molar-refractivity contribution in [3.05, 3.63) is 0 Å². The van der Waals surface area contributed by atoms with Gasteiger partial charge in [0.15, 0.2) is 0 Å². The second kappa shape index (κ2) is 6.00. The Hall–Kier alpha value is -1.10. The topological polar surface area (TPSA) is 98.2 Å². The lowest BCUT2D eigenvalue weighted by Gasteiger charge is -2.21. The smallest absolute Gasteiger partial charge is 0.240 e. The van der Waals surface area contributed by atoms with Crippen LogP contribution in [0.15, 0.2) is 0 Å². The van der Waals surface area contributed by atoms with Crippen molar-refractivity contribution in [2.24, 2.45) is 23.3 Å². The van der Waals surface area contributed by atoms with Crippen LogP contribution in [0.4, 0.5) is 0 Å². The van der Waals surface area contributed by atoms with Crippen LogP contribution in [-0.2, 0) is 9.59 Å². The zero-order valence-electron chi connectivity index (χ0n) is 10.6. The summed E-state index contributed by atoms with van der Waals surface area (Å²) in [5.74, 6) is -0.349. The van der Waals surface area contributed by atoms with Crippen molar-refractivity contribution in [2.45, 2.75) is 51.6 Å². The predicted octanol–water partition coefficient (Wildman–Crippen LogP) is 0.130. The van der Waals surface area contributed by atoms with Gasteiger partial charge in [-0.25, -0.2) is 0 Å². The normalized spacial score (nSPS) is 25.9. The third kappa shape index (κ3) is 4.00. The number of rotatable bonds is 5. The molecule has 1 unspecified atom stereocenters. The summed E-state index contributed by atoms with van der Waals surface area (Å²) in [5, 5.41) is 2.69. The first-order valence-corrected chi connectivity index (χ1v) is 6.26. The molecule has 1 aliphatic carbocycles. The largest absolute Gasteiger partial charge is 0.368 e. The average Bonchev–Trinajstić information content (AvgIpc) is 2.60. The van der Waals surface area contributed by atoms with E-state index in [1.807, 2.05) is 13.8 Å². The highest BCUT2D eigenvalue weighted by Crippen LogP contribution is 2.26. The Bertz CT molecular complexity index is 291. The van der Waals surface area contributed by atoms with Crippen LogP contribution < -0.4 is 16.8 Å². The number of nitrogens with two attached hydrogens (primary N) is 2. The molecule has 1 rings (SSSR count). The minimum Gasteiger partial charge on any atom is -0.368 e. The molecule has 5 N–H and O–H groups in total. The number of carbonyl (C=O) groups excluding carboxylic acids is 2. The molecule has 0 heterocycles. The van der Waals surface area contributed by atoms with Crippen LogP contribution in [0.3, 0.4) is 0 Å². The number of hydrogen-bond donors (Lipinski definition) is 3. The summed E-state index contributed by atoms with van der Waals surface area (Å²) in [7, 11) is 0. The average molecular weight is 241 g/mol. The summed E-state index contributed by atoms with van der Waals surface area (Å²) in [5.41, 5.74) is 11.1. The molecule has 3 atom stereocenters. The number of primary amides is 1. The Morgan fingerprint density at radius 1 is 1.35 bits per heavy atom. The van der Waals surface area contributed by atoms with E-state index >= 15 is 0 Å². The molecule has 0 radical (unpaired) electrons. The van der Waals surface area contributed by atoms with E-state index in [1.54, 1.807) is 0 Å². The molecule has 0 aromatic heterocycles. The molecule has 1 fully saturated rings. The number of amides is 2. The van der Waals surface area contributed by atoms with Crippen LogP contribution in [0.25, 0.3) is 0 Å². The van der Waals surface area contributed by atoms with Gasteiger partial charge in [-0.15, -0.1) is 0 Å². The van der Waals surface area contributed by atoms with Gasteiger partial charge in [-0.2, -0.15) is 0 Å². The predicted molar refractivity (Wildman–Crippen MR) is 65.9 cm³/mol. The van der Waals surface area contributed by atoms with E-state index in [4.69, 9.17) is 11.5 Å². The molecule has 0 spiro atoms. The Morgan fingerprint density at radius 2 is 2.00 bits per heavy atom. The summed E-state index contributed by atoms with van der Waals surface area (Å²) in [6, 6.07) is -0.466. The maximum atomic E-state index is 11.8. The number of carbonyl (C=O) groups is 2. The van der Waals surface area contributed by atoms with E-state index in [0.29, 0.717) is 6.42 Å². The van der Waals surface area contributed by atoms with Gasteiger partial charge in [-0.3, -0.25) is 9.59 Å². The highest BCUT2D eigenvalue weighted by molar-refractivity contribution is 5.86. The molecule has 2 amide bonds. The Balaban J connectivity index is 2.45. The summed E-state index contributed by atoms with van der Waals surface area (Å²) < 4.78 is 0. The fourth-order valence-electron chi connectivity index (χ4n) is 2.36. The van der Waals surface area contributed by atoms with Gasteiger partial charge in [0.25, 0.3) is 0 Å². The van der Waals surface area contributed by atoms with Crippen molar-refractivity contribution >= 4 is 11.8 Å². The summed E-state index contributed by atoms with van der Waals surface area (Å²) in [4.78, 5) is 23.0. The Morgan fingerprint density at radius 3 is 2.41 bits per heavy atom. The summed E-state index contributed by atoms with van der Waals surface area (Å²) >= 11 is 0. The second-order valence-corrected chi connectivity index (χ2v) is 5.25. The molecule has 1 saturated carbocycles. The molecule has 0 aromatic carbocycles. The molecule has 17 heavy (non-hydrogen) atoms. The third-order valence-corrected chi connectivity index (χ3v) is 3.46. The van der Waals surface area contributed by atoms with Crippen molar-refractivity contribution in [3.63, 3.8) is 0 Å². The van der Waals surface area contributed by atoms with Crippen LogP contribution >= 0.6 is 0 Å². The van der Waals surface area contributed by atoms with E-state index in [-0.39, 0.29) is 23.8 Å². The fraction of sp³-hybridized carbons (Fsp3) is 0.833. The fourth-order valence-corrected chi connectivity index (χ4v) is 2.36. The monoisotopic (exact) mass is 241 g/mol. The first-order chi connectivity index (χ1) is 7.91. The third-order valence-electron chi connectivity index (χ3n) is 3.46. The van der Waals surface area contributed by atoms with Gasteiger partial charge in [0, 0.05) is 12.5 Å². The molecule has 0 aromatic rings.